The average Bonchev–Trinajstić information content (AvgIpc) is 2.56. The van der Waals surface area contributed by atoms with Crippen LogP contribution in [0.1, 0.15) is 41.7 Å². The maximum atomic E-state index is 5.89. The number of nitrogens with zero attached hydrogens (tertiary/aromatic N) is 1. The molecule has 0 N–H and O–H groups in total. The summed E-state index contributed by atoms with van der Waals surface area (Å²) >= 11 is 0. The summed E-state index contributed by atoms with van der Waals surface area (Å²) < 4.78 is 5.89. The Balaban J connectivity index is 1.74. The fourth-order valence-corrected chi connectivity index (χ4v) is 3.88. The Kier molecular flexibility index (Phi) is 5.48. The molecule has 1 aliphatic heterocycles. The van der Waals surface area contributed by atoms with Crippen LogP contribution in [0.5, 0.6) is 0 Å². The smallest absolute Gasteiger partial charge is 0.0726 e. The molecule has 2 heteroatoms. The molecule has 3 rings (SSSR count). The minimum absolute atomic E-state index is 0.296. The van der Waals surface area contributed by atoms with Crippen molar-refractivity contribution >= 4 is 5.69 Å². The molecule has 1 fully saturated rings. The third kappa shape index (κ3) is 4.43. The van der Waals surface area contributed by atoms with Crippen molar-refractivity contribution in [1.29, 1.82) is 0 Å². The Morgan fingerprint density at radius 3 is 2.16 bits per heavy atom. The first-order valence-electron chi connectivity index (χ1n) is 9.48. The van der Waals surface area contributed by atoms with E-state index in [1.54, 1.807) is 0 Å². The van der Waals surface area contributed by atoms with E-state index < -0.39 is 0 Å². The van der Waals surface area contributed by atoms with E-state index in [2.05, 4.69) is 75.9 Å². The molecule has 1 saturated heterocycles. The van der Waals surface area contributed by atoms with E-state index in [1.807, 2.05) is 0 Å². The fraction of sp³-hybridized carbons (Fsp3) is 0.478. The van der Waals surface area contributed by atoms with Crippen LogP contribution in [0.2, 0.25) is 0 Å². The molecule has 2 aromatic carbocycles. The van der Waals surface area contributed by atoms with Gasteiger partial charge in [-0.05, 0) is 75.8 Å². The molecule has 134 valence electrons. The quantitative estimate of drug-likeness (QED) is 0.777. The predicted octanol–water partition coefficient (Wildman–Crippen LogP) is 5.01. The third-order valence-corrected chi connectivity index (χ3v) is 5.22. The molecule has 0 unspecified atom stereocenters. The van der Waals surface area contributed by atoms with Gasteiger partial charge in [0.05, 0.1) is 12.2 Å². The molecule has 0 spiro atoms. The monoisotopic (exact) mass is 337 g/mol. The van der Waals surface area contributed by atoms with E-state index >= 15 is 0 Å². The van der Waals surface area contributed by atoms with Crippen molar-refractivity contribution in [2.75, 3.05) is 18.0 Å². The van der Waals surface area contributed by atoms with Crippen molar-refractivity contribution in [2.45, 2.75) is 59.7 Å². The first-order valence-corrected chi connectivity index (χ1v) is 9.48. The molecule has 1 heterocycles. The van der Waals surface area contributed by atoms with Gasteiger partial charge in [-0.2, -0.15) is 0 Å². The normalized spacial score (nSPS) is 20.8. The van der Waals surface area contributed by atoms with Crippen LogP contribution in [-0.4, -0.2) is 25.3 Å². The number of benzene rings is 2. The Hall–Kier alpha value is -1.80. The van der Waals surface area contributed by atoms with Crippen LogP contribution in [-0.2, 0) is 17.6 Å². The molecule has 25 heavy (non-hydrogen) atoms. The number of hydrogen-bond donors (Lipinski definition) is 0. The van der Waals surface area contributed by atoms with Crippen LogP contribution in [0.4, 0.5) is 5.69 Å². The molecule has 2 aromatic rings. The van der Waals surface area contributed by atoms with Gasteiger partial charge in [0, 0.05) is 18.8 Å². The summed E-state index contributed by atoms with van der Waals surface area (Å²) in [5, 5.41) is 0. The summed E-state index contributed by atoms with van der Waals surface area (Å²) in [6.07, 6.45) is 2.80. The van der Waals surface area contributed by atoms with Gasteiger partial charge in [-0.1, -0.05) is 35.9 Å². The second-order valence-electron chi connectivity index (χ2n) is 7.71. The van der Waals surface area contributed by atoms with E-state index in [4.69, 9.17) is 4.74 Å². The second-order valence-corrected chi connectivity index (χ2v) is 7.71. The zero-order chi connectivity index (χ0) is 18.0. The molecule has 0 saturated carbocycles. The minimum Gasteiger partial charge on any atom is -0.372 e. The van der Waals surface area contributed by atoms with E-state index in [-0.39, 0.29) is 0 Å². The molecule has 2 atom stereocenters. The van der Waals surface area contributed by atoms with Gasteiger partial charge in [0.1, 0.15) is 0 Å². The van der Waals surface area contributed by atoms with Crippen LogP contribution in [0.15, 0.2) is 36.4 Å². The van der Waals surface area contributed by atoms with Crippen molar-refractivity contribution in [3.8, 4) is 0 Å². The van der Waals surface area contributed by atoms with Gasteiger partial charge in [-0.15, -0.1) is 0 Å². The van der Waals surface area contributed by atoms with Crippen LogP contribution in [0.25, 0.3) is 0 Å². The summed E-state index contributed by atoms with van der Waals surface area (Å²) in [7, 11) is 0. The van der Waals surface area contributed by atoms with Crippen molar-refractivity contribution in [2.24, 2.45) is 0 Å². The van der Waals surface area contributed by atoms with E-state index in [0.29, 0.717) is 12.2 Å². The lowest BCUT2D eigenvalue weighted by atomic mass is 9.96. The van der Waals surface area contributed by atoms with Gasteiger partial charge in [0.2, 0.25) is 0 Å². The predicted molar refractivity (Wildman–Crippen MR) is 107 cm³/mol. The van der Waals surface area contributed by atoms with Crippen molar-refractivity contribution in [3.63, 3.8) is 0 Å². The van der Waals surface area contributed by atoms with Gasteiger partial charge in [0.25, 0.3) is 0 Å². The molecular formula is C23H31NO. The van der Waals surface area contributed by atoms with Crippen LogP contribution >= 0.6 is 0 Å². The standard InChI is InChI=1S/C23H31NO/c1-16-6-8-21(9-7-16)10-11-22-12-18(3)23(13-17(22)2)24-14-19(4)25-20(5)15-24/h6-9,12-13,19-20H,10-11,14-15H2,1-5H3/t19-,20+. The van der Waals surface area contributed by atoms with Gasteiger partial charge < -0.3 is 9.64 Å². The van der Waals surface area contributed by atoms with Gasteiger partial charge in [-0.25, -0.2) is 0 Å². The topological polar surface area (TPSA) is 12.5 Å². The van der Waals surface area contributed by atoms with Gasteiger partial charge in [-0.3, -0.25) is 0 Å². The lowest BCUT2D eigenvalue weighted by Crippen LogP contribution is -2.45. The summed E-state index contributed by atoms with van der Waals surface area (Å²) in [5.74, 6) is 0. The van der Waals surface area contributed by atoms with Crippen molar-refractivity contribution in [1.82, 2.24) is 0 Å². The third-order valence-electron chi connectivity index (χ3n) is 5.22. The SMILES string of the molecule is Cc1ccc(CCc2cc(C)c(N3C[C@@H](C)O[C@@H](C)C3)cc2C)cc1. The lowest BCUT2D eigenvalue weighted by molar-refractivity contribution is -0.00525. The average molecular weight is 338 g/mol. The maximum absolute atomic E-state index is 5.89. The highest BCUT2D eigenvalue weighted by atomic mass is 16.5. The van der Waals surface area contributed by atoms with Crippen LogP contribution in [0.3, 0.4) is 0 Å². The van der Waals surface area contributed by atoms with E-state index in [0.717, 1.165) is 25.9 Å². The number of anilines is 1. The molecule has 1 aliphatic rings. The second kappa shape index (κ2) is 7.61. The summed E-state index contributed by atoms with van der Waals surface area (Å²) in [5.41, 5.74) is 8.37. The number of hydrogen-bond acceptors (Lipinski definition) is 2. The number of rotatable bonds is 4. The Bertz CT molecular complexity index is 710. The van der Waals surface area contributed by atoms with Gasteiger partial charge >= 0.3 is 0 Å². The zero-order valence-electron chi connectivity index (χ0n) is 16.3. The molecule has 0 aromatic heterocycles. The van der Waals surface area contributed by atoms with Crippen molar-refractivity contribution in [3.05, 3.63) is 64.2 Å². The van der Waals surface area contributed by atoms with Crippen LogP contribution in [0, 0.1) is 20.8 Å². The first-order chi connectivity index (χ1) is 11.9. The molecule has 0 aliphatic carbocycles. The number of aryl methyl sites for hydroxylation is 5. The molecule has 2 nitrogen and oxygen atoms in total. The Morgan fingerprint density at radius 1 is 0.880 bits per heavy atom. The number of morpholine rings is 1. The maximum Gasteiger partial charge on any atom is 0.0726 e. The van der Waals surface area contributed by atoms with E-state index in [1.165, 1.54) is 33.5 Å². The zero-order valence-corrected chi connectivity index (χ0v) is 16.3. The summed E-state index contributed by atoms with van der Waals surface area (Å²) in [4.78, 5) is 2.49. The van der Waals surface area contributed by atoms with Gasteiger partial charge in [0.15, 0.2) is 0 Å². The lowest BCUT2D eigenvalue weighted by Gasteiger charge is -2.38. The largest absolute Gasteiger partial charge is 0.372 e. The highest BCUT2D eigenvalue weighted by Gasteiger charge is 2.23. The van der Waals surface area contributed by atoms with E-state index in [9.17, 15) is 0 Å². The summed E-state index contributed by atoms with van der Waals surface area (Å²) in [6.45, 7) is 12.9. The minimum atomic E-state index is 0.296. The summed E-state index contributed by atoms with van der Waals surface area (Å²) in [6, 6.07) is 13.7. The highest BCUT2D eigenvalue weighted by Crippen LogP contribution is 2.28. The Morgan fingerprint density at radius 2 is 1.52 bits per heavy atom. The molecule has 0 radical (unpaired) electrons. The molecule has 0 bridgehead atoms. The molecule has 0 amide bonds. The molecular weight excluding hydrogens is 306 g/mol. The number of ether oxygens (including phenoxy) is 1. The fourth-order valence-electron chi connectivity index (χ4n) is 3.88. The van der Waals surface area contributed by atoms with Crippen molar-refractivity contribution < 1.29 is 4.74 Å². The first kappa shape index (κ1) is 18.0. The van der Waals surface area contributed by atoms with Crippen LogP contribution < -0.4 is 4.90 Å². The highest BCUT2D eigenvalue weighted by molar-refractivity contribution is 5.57. The Labute approximate surface area is 152 Å².